The van der Waals surface area contributed by atoms with Gasteiger partial charge < -0.3 is 5.43 Å². The molecule has 0 unspecified atom stereocenters. The number of aromatic nitrogens is 2. The summed E-state index contributed by atoms with van der Waals surface area (Å²) in [6.07, 6.45) is 0.790. The second kappa shape index (κ2) is 5.63. The van der Waals surface area contributed by atoms with Gasteiger partial charge in [0, 0.05) is 16.8 Å². The number of rotatable bonds is 3. The van der Waals surface area contributed by atoms with Gasteiger partial charge in [0.1, 0.15) is 11.6 Å². The Balaban J connectivity index is 2.56. The Morgan fingerprint density at radius 3 is 2.68 bits per heavy atom. The summed E-state index contributed by atoms with van der Waals surface area (Å²) >= 11 is 3.15. The van der Waals surface area contributed by atoms with E-state index in [1.807, 2.05) is 13.8 Å². The van der Waals surface area contributed by atoms with Crippen LogP contribution in [-0.4, -0.2) is 9.97 Å². The molecule has 0 aliphatic rings. The number of benzene rings is 1. The maximum atomic E-state index is 13.2. The minimum atomic E-state index is -0.317. The molecule has 2 aromatic rings. The first kappa shape index (κ1) is 13.9. The van der Waals surface area contributed by atoms with Gasteiger partial charge in [-0.25, -0.2) is 20.2 Å². The van der Waals surface area contributed by atoms with Gasteiger partial charge in [0.05, 0.1) is 4.47 Å². The van der Waals surface area contributed by atoms with Crippen molar-refractivity contribution >= 4 is 21.7 Å². The van der Waals surface area contributed by atoms with Crippen molar-refractivity contribution in [2.24, 2.45) is 5.84 Å². The van der Waals surface area contributed by atoms with Gasteiger partial charge in [-0.2, -0.15) is 0 Å². The molecule has 2 rings (SSSR count). The number of aryl methyl sites for hydroxylation is 1. The number of nitrogen functional groups attached to an aromatic ring is 1. The molecule has 0 saturated heterocycles. The summed E-state index contributed by atoms with van der Waals surface area (Å²) < 4.78 is 13.6. The average molecular weight is 325 g/mol. The summed E-state index contributed by atoms with van der Waals surface area (Å²) in [5.41, 5.74) is 5.16. The van der Waals surface area contributed by atoms with Crippen molar-refractivity contribution < 1.29 is 4.39 Å². The third-order valence-corrected chi connectivity index (χ3v) is 3.49. The largest absolute Gasteiger partial charge is 0.308 e. The molecule has 1 aromatic carbocycles. The van der Waals surface area contributed by atoms with E-state index in [9.17, 15) is 4.39 Å². The first-order chi connectivity index (χ1) is 9.06. The third kappa shape index (κ3) is 2.74. The number of hydrogen-bond donors (Lipinski definition) is 2. The van der Waals surface area contributed by atoms with Crippen molar-refractivity contribution in [1.82, 2.24) is 9.97 Å². The van der Waals surface area contributed by atoms with Crippen molar-refractivity contribution in [2.45, 2.75) is 20.3 Å². The zero-order chi connectivity index (χ0) is 14.0. The predicted octanol–water partition coefficient (Wildman–Crippen LogP) is 3.20. The van der Waals surface area contributed by atoms with Crippen LogP contribution in [0.5, 0.6) is 0 Å². The van der Waals surface area contributed by atoms with Crippen molar-refractivity contribution in [2.75, 3.05) is 5.43 Å². The van der Waals surface area contributed by atoms with Crippen LogP contribution in [0.25, 0.3) is 11.4 Å². The van der Waals surface area contributed by atoms with Crippen LogP contribution >= 0.6 is 15.9 Å². The molecule has 6 heteroatoms. The van der Waals surface area contributed by atoms with E-state index in [0.717, 1.165) is 23.2 Å². The van der Waals surface area contributed by atoms with Gasteiger partial charge in [-0.15, -0.1) is 0 Å². The average Bonchev–Trinajstić information content (AvgIpc) is 2.40. The van der Waals surface area contributed by atoms with Gasteiger partial charge in [0.15, 0.2) is 5.82 Å². The fraction of sp³-hybridized carbons (Fsp3) is 0.231. The molecule has 0 aliphatic carbocycles. The zero-order valence-corrected chi connectivity index (χ0v) is 12.3. The zero-order valence-electron chi connectivity index (χ0n) is 10.7. The molecular weight excluding hydrogens is 311 g/mol. The lowest BCUT2D eigenvalue weighted by Gasteiger charge is -2.11. The Kier molecular flexibility index (Phi) is 4.11. The van der Waals surface area contributed by atoms with E-state index in [-0.39, 0.29) is 5.82 Å². The van der Waals surface area contributed by atoms with Gasteiger partial charge in [-0.05, 0) is 47.5 Å². The van der Waals surface area contributed by atoms with Crippen LogP contribution in [0.4, 0.5) is 10.2 Å². The Hall–Kier alpha value is -1.53. The minimum Gasteiger partial charge on any atom is -0.308 e. The SMILES string of the molecule is CCc1c(C)nc(-c2ccc(F)c(Br)c2)nc1NN. The molecule has 0 amide bonds. The van der Waals surface area contributed by atoms with E-state index >= 15 is 0 Å². The smallest absolute Gasteiger partial charge is 0.161 e. The summed E-state index contributed by atoms with van der Waals surface area (Å²) in [5, 5.41) is 0. The van der Waals surface area contributed by atoms with Crippen LogP contribution in [0.3, 0.4) is 0 Å². The second-order valence-electron chi connectivity index (χ2n) is 4.09. The molecule has 0 radical (unpaired) electrons. The number of nitrogens with two attached hydrogens (primary N) is 1. The van der Waals surface area contributed by atoms with Crippen LogP contribution in [0.2, 0.25) is 0 Å². The van der Waals surface area contributed by atoms with E-state index in [0.29, 0.717) is 16.1 Å². The van der Waals surface area contributed by atoms with Crippen LogP contribution in [0.1, 0.15) is 18.2 Å². The summed E-state index contributed by atoms with van der Waals surface area (Å²) in [4.78, 5) is 8.82. The highest BCUT2D eigenvalue weighted by atomic mass is 79.9. The van der Waals surface area contributed by atoms with Gasteiger partial charge >= 0.3 is 0 Å². The number of hydrazine groups is 1. The molecule has 19 heavy (non-hydrogen) atoms. The molecule has 0 spiro atoms. The highest BCUT2D eigenvalue weighted by molar-refractivity contribution is 9.10. The monoisotopic (exact) mass is 324 g/mol. The Bertz CT molecular complexity index is 616. The number of hydrogen-bond acceptors (Lipinski definition) is 4. The summed E-state index contributed by atoms with van der Waals surface area (Å²) in [7, 11) is 0. The molecule has 0 fully saturated rings. The maximum Gasteiger partial charge on any atom is 0.161 e. The van der Waals surface area contributed by atoms with Crippen molar-refractivity contribution in [3.05, 3.63) is 39.7 Å². The standard InChI is InChI=1S/C13H14BrFN4/c1-3-9-7(2)17-12(18-13(9)19-16)8-4-5-11(15)10(14)6-8/h4-6H,3,16H2,1-2H3,(H,17,18,19). The fourth-order valence-corrected chi connectivity index (χ4v) is 2.28. The summed E-state index contributed by atoms with van der Waals surface area (Å²) in [6, 6.07) is 4.66. The van der Waals surface area contributed by atoms with E-state index < -0.39 is 0 Å². The van der Waals surface area contributed by atoms with Crippen LogP contribution in [-0.2, 0) is 6.42 Å². The highest BCUT2D eigenvalue weighted by Gasteiger charge is 2.12. The number of nitrogens with zero attached hydrogens (tertiary/aromatic N) is 2. The summed E-state index contributed by atoms with van der Waals surface area (Å²) in [5.74, 6) is 6.29. The molecule has 4 nitrogen and oxygen atoms in total. The van der Waals surface area contributed by atoms with Crippen LogP contribution in [0.15, 0.2) is 22.7 Å². The van der Waals surface area contributed by atoms with E-state index in [4.69, 9.17) is 5.84 Å². The number of halogens is 2. The molecule has 3 N–H and O–H groups in total. The minimum absolute atomic E-state index is 0.317. The lowest BCUT2D eigenvalue weighted by atomic mass is 10.1. The van der Waals surface area contributed by atoms with E-state index in [1.54, 1.807) is 12.1 Å². The van der Waals surface area contributed by atoms with Gasteiger partial charge in [-0.3, -0.25) is 0 Å². The third-order valence-electron chi connectivity index (χ3n) is 2.88. The molecule has 0 aliphatic heterocycles. The second-order valence-corrected chi connectivity index (χ2v) is 4.94. The van der Waals surface area contributed by atoms with Crippen LogP contribution in [0, 0.1) is 12.7 Å². The quantitative estimate of drug-likeness (QED) is 0.672. The van der Waals surface area contributed by atoms with E-state index in [1.165, 1.54) is 6.07 Å². The lowest BCUT2D eigenvalue weighted by Crippen LogP contribution is -2.13. The predicted molar refractivity (Wildman–Crippen MR) is 77.1 cm³/mol. The number of nitrogens with one attached hydrogen (secondary N) is 1. The van der Waals surface area contributed by atoms with Crippen molar-refractivity contribution in [3.8, 4) is 11.4 Å². The molecule has 0 atom stereocenters. The first-order valence-electron chi connectivity index (χ1n) is 5.86. The Morgan fingerprint density at radius 1 is 1.37 bits per heavy atom. The molecule has 0 bridgehead atoms. The van der Waals surface area contributed by atoms with Gasteiger partial charge in [0.25, 0.3) is 0 Å². The highest BCUT2D eigenvalue weighted by Crippen LogP contribution is 2.25. The Morgan fingerprint density at radius 2 is 2.11 bits per heavy atom. The number of anilines is 1. The molecule has 0 saturated carbocycles. The first-order valence-corrected chi connectivity index (χ1v) is 6.65. The topological polar surface area (TPSA) is 63.8 Å². The lowest BCUT2D eigenvalue weighted by molar-refractivity contribution is 0.621. The maximum absolute atomic E-state index is 13.2. The molecular formula is C13H14BrFN4. The Labute approximate surface area is 119 Å². The van der Waals surface area contributed by atoms with Gasteiger partial charge in [-0.1, -0.05) is 6.92 Å². The van der Waals surface area contributed by atoms with Crippen LogP contribution < -0.4 is 11.3 Å². The molecule has 1 aromatic heterocycles. The fourth-order valence-electron chi connectivity index (χ4n) is 1.90. The van der Waals surface area contributed by atoms with E-state index in [2.05, 4.69) is 31.3 Å². The van der Waals surface area contributed by atoms with Gasteiger partial charge in [0.2, 0.25) is 0 Å². The molecule has 1 heterocycles. The van der Waals surface area contributed by atoms with Crippen molar-refractivity contribution in [1.29, 1.82) is 0 Å². The normalized spacial score (nSPS) is 10.6. The van der Waals surface area contributed by atoms with Crippen molar-refractivity contribution in [3.63, 3.8) is 0 Å². The molecule has 100 valence electrons. The summed E-state index contributed by atoms with van der Waals surface area (Å²) in [6.45, 7) is 3.92.